The van der Waals surface area contributed by atoms with Gasteiger partial charge in [0.05, 0.1) is 24.9 Å². The minimum Gasteiger partial charge on any atom is -0.483 e. The molecule has 12 nitrogen and oxygen atoms in total. The molecule has 47 heavy (non-hydrogen) atoms. The first kappa shape index (κ1) is 33.6. The largest absolute Gasteiger partial charge is 0.483 e. The van der Waals surface area contributed by atoms with Gasteiger partial charge in [0.2, 0.25) is 11.8 Å². The summed E-state index contributed by atoms with van der Waals surface area (Å²) in [6.45, 7) is 11.1. The second kappa shape index (κ2) is 13.9. The lowest BCUT2D eigenvalue weighted by Crippen LogP contribution is -2.56. The summed E-state index contributed by atoms with van der Waals surface area (Å²) in [5, 5.41) is 13.0. The van der Waals surface area contributed by atoms with E-state index in [2.05, 4.69) is 37.0 Å². The number of nitrogens with zero attached hydrogens (tertiary/aromatic N) is 7. The molecule has 4 heterocycles. The first-order chi connectivity index (χ1) is 22.4. The number of hydrogen-bond donors (Lipinski definition) is 1. The van der Waals surface area contributed by atoms with E-state index >= 15 is 8.78 Å². The van der Waals surface area contributed by atoms with E-state index < -0.39 is 30.3 Å². The van der Waals surface area contributed by atoms with Gasteiger partial charge in [-0.1, -0.05) is 6.92 Å². The molecule has 1 aromatic carbocycles. The topological polar surface area (TPSA) is 129 Å². The maximum absolute atomic E-state index is 15.1. The molecular formula is C33H40F2N8O4. The Morgan fingerprint density at radius 2 is 1.87 bits per heavy atom. The lowest BCUT2D eigenvalue weighted by Gasteiger charge is -2.38. The van der Waals surface area contributed by atoms with E-state index in [9.17, 15) is 10.1 Å². The van der Waals surface area contributed by atoms with Crippen LogP contribution in [0.15, 0.2) is 42.6 Å². The summed E-state index contributed by atoms with van der Waals surface area (Å²) in [7, 11) is 1.59. The minimum atomic E-state index is -3.35. The van der Waals surface area contributed by atoms with Crippen LogP contribution in [0.1, 0.15) is 39.7 Å². The summed E-state index contributed by atoms with van der Waals surface area (Å²) in [5.74, 6) is -2.07. The maximum Gasteiger partial charge on any atom is 0.410 e. The van der Waals surface area contributed by atoms with Gasteiger partial charge in [-0.05, 0) is 63.7 Å². The van der Waals surface area contributed by atoms with Crippen molar-refractivity contribution in [3.8, 4) is 29.0 Å². The Bertz CT molecular complexity index is 1620. The summed E-state index contributed by atoms with van der Waals surface area (Å²) < 4.78 is 46.7. The molecule has 250 valence electrons. The highest BCUT2D eigenvalue weighted by molar-refractivity contribution is 5.69. The molecular weight excluding hydrogens is 610 g/mol. The van der Waals surface area contributed by atoms with E-state index in [4.69, 9.17) is 14.2 Å². The molecule has 2 aliphatic rings. The molecule has 3 aromatic rings. The molecule has 14 heteroatoms. The van der Waals surface area contributed by atoms with Gasteiger partial charge in [-0.25, -0.2) is 23.5 Å². The van der Waals surface area contributed by atoms with Crippen LogP contribution in [0.25, 0.3) is 11.3 Å². The average molecular weight is 651 g/mol. The van der Waals surface area contributed by atoms with E-state index in [1.54, 1.807) is 46.2 Å². The van der Waals surface area contributed by atoms with Crippen molar-refractivity contribution >= 4 is 23.5 Å². The number of amides is 1. The van der Waals surface area contributed by atoms with E-state index in [0.29, 0.717) is 23.0 Å². The molecule has 1 unspecified atom stereocenters. The number of piperazine rings is 1. The number of aromatic nitrogens is 3. The number of pyridine rings is 1. The third kappa shape index (κ3) is 8.15. The molecule has 1 amide bonds. The van der Waals surface area contributed by atoms with Crippen LogP contribution in [0.2, 0.25) is 0 Å². The number of alkyl halides is 2. The highest BCUT2D eigenvalue weighted by atomic mass is 19.3. The van der Waals surface area contributed by atoms with Crippen molar-refractivity contribution in [2.45, 2.75) is 51.7 Å². The number of carbonyl (C=O) groups is 1. The first-order valence-electron chi connectivity index (χ1n) is 15.6. The zero-order valence-electron chi connectivity index (χ0n) is 27.3. The van der Waals surface area contributed by atoms with Crippen LogP contribution in [-0.4, -0.2) is 101 Å². The molecule has 2 aromatic heterocycles. The predicted octanol–water partition coefficient (Wildman–Crippen LogP) is 5.33. The number of likely N-dealkylation sites (N-methyl/N-ethyl adjacent to an activating group) is 1. The number of piperidine rings is 1. The molecule has 0 bridgehead atoms. The summed E-state index contributed by atoms with van der Waals surface area (Å²) in [5.41, 5.74) is 1.25. The van der Waals surface area contributed by atoms with Gasteiger partial charge in [0.25, 0.3) is 0 Å². The molecule has 1 N–H and O–H groups in total. The Kier molecular flexibility index (Phi) is 9.95. The Balaban J connectivity index is 1.27. The van der Waals surface area contributed by atoms with Crippen LogP contribution in [0.5, 0.6) is 11.6 Å². The number of anilines is 3. The van der Waals surface area contributed by atoms with Crippen molar-refractivity contribution in [1.82, 2.24) is 24.8 Å². The molecule has 5 rings (SSSR count). The van der Waals surface area contributed by atoms with E-state index in [-0.39, 0.29) is 30.2 Å². The Hall–Kier alpha value is -4.77. The van der Waals surface area contributed by atoms with Crippen molar-refractivity contribution in [1.29, 1.82) is 5.26 Å². The SMILES string of the molecule is CCN1CCN(c2ccc(Nc3nccc(-c4ccc(OC5CCN(C(=O)OC(C)(C)C)CC5(F)F)c(C#N)c4)n3)nc2OC)CC1. The number of ether oxygens (including phenoxy) is 3. The van der Waals surface area contributed by atoms with E-state index in [0.717, 1.165) is 43.3 Å². The summed E-state index contributed by atoms with van der Waals surface area (Å²) in [6.07, 6.45) is -0.885. The molecule has 0 aliphatic carbocycles. The minimum absolute atomic E-state index is 0.0199. The van der Waals surface area contributed by atoms with Gasteiger partial charge < -0.3 is 34.2 Å². The van der Waals surface area contributed by atoms with Gasteiger partial charge in [-0.3, -0.25) is 0 Å². The second-order valence-electron chi connectivity index (χ2n) is 12.4. The maximum atomic E-state index is 15.1. The molecule has 0 radical (unpaired) electrons. The number of likely N-dealkylation sites (tertiary alicyclic amines) is 1. The Morgan fingerprint density at radius 3 is 2.53 bits per heavy atom. The fourth-order valence-electron chi connectivity index (χ4n) is 5.47. The number of rotatable bonds is 8. The van der Waals surface area contributed by atoms with Crippen LogP contribution in [0.4, 0.5) is 31.0 Å². The predicted molar refractivity (Wildman–Crippen MR) is 172 cm³/mol. The van der Waals surface area contributed by atoms with Gasteiger partial charge >= 0.3 is 12.0 Å². The number of nitrogens with one attached hydrogen (secondary N) is 1. The normalized spacial score (nSPS) is 18.3. The van der Waals surface area contributed by atoms with Gasteiger partial charge in [-0.15, -0.1) is 0 Å². The highest BCUT2D eigenvalue weighted by Gasteiger charge is 2.48. The fourth-order valence-corrected chi connectivity index (χ4v) is 5.47. The summed E-state index contributed by atoms with van der Waals surface area (Å²) in [6, 6.07) is 12.2. The monoisotopic (exact) mass is 650 g/mol. The number of benzene rings is 1. The fraction of sp³-hybridized carbons (Fsp3) is 0.485. The number of hydrogen-bond acceptors (Lipinski definition) is 11. The number of methoxy groups -OCH3 is 1. The van der Waals surface area contributed by atoms with Crippen molar-refractivity contribution in [3.05, 3.63) is 48.2 Å². The molecule has 2 aliphatic heterocycles. The van der Waals surface area contributed by atoms with Gasteiger partial charge in [0.15, 0.2) is 6.10 Å². The smallest absolute Gasteiger partial charge is 0.410 e. The number of nitriles is 1. The molecule has 1 atom stereocenters. The summed E-state index contributed by atoms with van der Waals surface area (Å²) >= 11 is 0. The van der Waals surface area contributed by atoms with Crippen molar-refractivity contribution < 1.29 is 27.8 Å². The van der Waals surface area contributed by atoms with E-state index in [1.165, 1.54) is 12.1 Å². The van der Waals surface area contributed by atoms with Crippen LogP contribution in [0, 0.1) is 11.3 Å². The molecule has 0 spiro atoms. The average Bonchev–Trinajstić information content (AvgIpc) is 3.05. The van der Waals surface area contributed by atoms with Crippen LogP contribution < -0.4 is 19.7 Å². The van der Waals surface area contributed by atoms with Crippen molar-refractivity contribution in [2.24, 2.45) is 0 Å². The number of halogens is 2. The molecule has 2 fully saturated rings. The highest BCUT2D eigenvalue weighted by Crippen LogP contribution is 2.35. The third-order valence-electron chi connectivity index (χ3n) is 7.94. The van der Waals surface area contributed by atoms with Gasteiger partial charge in [0.1, 0.15) is 28.9 Å². The van der Waals surface area contributed by atoms with Gasteiger partial charge in [0, 0.05) is 50.9 Å². The van der Waals surface area contributed by atoms with E-state index in [1.807, 2.05) is 18.2 Å². The second-order valence-corrected chi connectivity index (χ2v) is 12.4. The van der Waals surface area contributed by atoms with Gasteiger partial charge in [-0.2, -0.15) is 10.2 Å². The van der Waals surface area contributed by atoms with Crippen LogP contribution in [0.3, 0.4) is 0 Å². The summed E-state index contributed by atoms with van der Waals surface area (Å²) in [4.78, 5) is 31.5. The molecule has 2 saturated heterocycles. The zero-order valence-corrected chi connectivity index (χ0v) is 27.3. The Morgan fingerprint density at radius 1 is 1.11 bits per heavy atom. The zero-order chi connectivity index (χ0) is 33.8. The Labute approximate surface area is 273 Å². The van der Waals surface area contributed by atoms with Crippen LogP contribution >= 0.6 is 0 Å². The number of carbonyl (C=O) groups excluding carboxylic acids is 1. The lowest BCUT2D eigenvalue weighted by molar-refractivity contribution is -0.137. The lowest BCUT2D eigenvalue weighted by atomic mass is 10.0. The quantitative estimate of drug-likeness (QED) is 0.340. The van der Waals surface area contributed by atoms with Crippen molar-refractivity contribution in [3.63, 3.8) is 0 Å². The molecule has 0 saturated carbocycles. The third-order valence-corrected chi connectivity index (χ3v) is 7.94. The standard InChI is InChI=1S/C33H40F2N8O4/c1-6-41-15-17-42(18-16-41)25-8-10-28(39-29(25)45-5)40-30-37-13-11-24(38-30)22-7-9-26(23(19-22)20-36)46-27-12-14-43(21-33(27,34)35)31(44)47-32(2,3)4/h7-11,13,19,27H,6,12,14-18,21H2,1-5H3,(H,37,38,39,40). The van der Waals surface area contributed by atoms with Crippen LogP contribution in [-0.2, 0) is 4.74 Å². The van der Waals surface area contributed by atoms with Crippen molar-refractivity contribution in [2.75, 3.05) is 63.1 Å². The first-order valence-corrected chi connectivity index (χ1v) is 15.6.